The van der Waals surface area contributed by atoms with Crippen molar-refractivity contribution in [1.29, 1.82) is 0 Å². The molecule has 16 heavy (non-hydrogen) atoms. The number of aryl methyl sites for hydroxylation is 1. The molecule has 3 nitrogen and oxygen atoms in total. The molecule has 3 heteroatoms. The van der Waals surface area contributed by atoms with Gasteiger partial charge in [0.25, 0.3) is 0 Å². The highest BCUT2D eigenvalue weighted by Gasteiger charge is 2.08. The van der Waals surface area contributed by atoms with Crippen molar-refractivity contribution in [3.8, 4) is 28.4 Å². The van der Waals surface area contributed by atoms with Crippen LogP contribution in [0.2, 0.25) is 0 Å². The van der Waals surface area contributed by atoms with E-state index in [1.54, 1.807) is 19.1 Å². The number of benzene rings is 2. The zero-order chi connectivity index (χ0) is 11.7. The van der Waals surface area contributed by atoms with Crippen LogP contribution in [-0.4, -0.2) is 15.3 Å². The van der Waals surface area contributed by atoms with Gasteiger partial charge in [-0.2, -0.15) is 0 Å². The molecule has 82 valence electrons. The lowest BCUT2D eigenvalue weighted by Crippen LogP contribution is -1.82. The highest BCUT2D eigenvalue weighted by molar-refractivity contribution is 5.73. The van der Waals surface area contributed by atoms with E-state index in [2.05, 4.69) is 0 Å². The largest absolute Gasteiger partial charge is 0.508 e. The summed E-state index contributed by atoms with van der Waals surface area (Å²) in [7, 11) is 0. The lowest BCUT2D eigenvalue weighted by molar-refractivity contribution is 0.451. The smallest absolute Gasteiger partial charge is 0.126 e. The summed E-state index contributed by atoms with van der Waals surface area (Å²) >= 11 is 0. The first-order valence-corrected chi connectivity index (χ1v) is 4.90. The number of hydrogen-bond acceptors (Lipinski definition) is 3. The third-order valence-corrected chi connectivity index (χ3v) is 2.45. The minimum absolute atomic E-state index is 0.0316. The summed E-state index contributed by atoms with van der Waals surface area (Å²) < 4.78 is 0. The van der Waals surface area contributed by atoms with Gasteiger partial charge < -0.3 is 15.3 Å². The Labute approximate surface area is 93.2 Å². The maximum atomic E-state index is 9.87. The predicted octanol–water partition coefficient (Wildman–Crippen LogP) is 2.78. The Kier molecular flexibility index (Phi) is 2.44. The Morgan fingerprint density at radius 3 is 2.12 bits per heavy atom. The van der Waals surface area contributed by atoms with Crippen molar-refractivity contribution < 1.29 is 15.3 Å². The highest BCUT2D eigenvalue weighted by Crippen LogP contribution is 2.35. The van der Waals surface area contributed by atoms with Gasteiger partial charge in [0.05, 0.1) is 0 Å². The summed E-state index contributed by atoms with van der Waals surface area (Å²) in [5.41, 5.74) is 1.92. The SMILES string of the molecule is Cc1cccc(-c2cc(O)cc(O)c2)c1O. The molecule has 0 bridgehead atoms. The summed E-state index contributed by atoms with van der Waals surface area (Å²) in [4.78, 5) is 0. The summed E-state index contributed by atoms with van der Waals surface area (Å²) in [6, 6.07) is 9.57. The van der Waals surface area contributed by atoms with Gasteiger partial charge in [0.15, 0.2) is 0 Å². The van der Waals surface area contributed by atoms with Gasteiger partial charge in [0.2, 0.25) is 0 Å². The van der Waals surface area contributed by atoms with Crippen LogP contribution < -0.4 is 0 Å². The Bertz CT molecular complexity index is 512. The second-order valence-corrected chi connectivity index (χ2v) is 3.71. The second kappa shape index (κ2) is 3.77. The topological polar surface area (TPSA) is 60.7 Å². The third kappa shape index (κ3) is 1.80. The van der Waals surface area contributed by atoms with Gasteiger partial charge in [-0.05, 0) is 30.2 Å². The van der Waals surface area contributed by atoms with E-state index in [0.29, 0.717) is 11.1 Å². The molecule has 0 heterocycles. The molecule has 3 N–H and O–H groups in total. The van der Waals surface area contributed by atoms with E-state index < -0.39 is 0 Å². The summed E-state index contributed by atoms with van der Waals surface area (Å²) in [5.74, 6) is 0.0966. The van der Waals surface area contributed by atoms with Crippen molar-refractivity contribution in [3.05, 3.63) is 42.0 Å². The van der Waals surface area contributed by atoms with Crippen molar-refractivity contribution >= 4 is 0 Å². The zero-order valence-electron chi connectivity index (χ0n) is 8.81. The van der Waals surface area contributed by atoms with E-state index in [0.717, 1.165) is 5.56 Å². The lowest BCUT2D eigenvalue weighted by atomic mass is 10.0. The molecule has 0 aliphatic rings. The number of para-hydroxylation sites is 1. The number of hydrogen-bond donors (Lipinski definition) is 3. The molecule has 2 aromatic carbocycles. The number of aromatic hydroxyl groups is 3. The van der Waals surface area contributed by atoms with Gasteiger partial charge >= 0.3 is 0 Å². The van der Waals surface area contributed by atoms with Crippen LogP contribution in [0.25, 0.3) is 11.1 Å². The van der Waals surface area contributed by atoms with Crippen LogP contribution in [0.4, 0.5) is 0 Å². The highest BCUT2D eigenvalue weighted by atomic mass is 16.3. The molecular weight excluding hydrogens is 204 g/mol. The fourth-order valence-electron chi connectivity index (χ4n) is 1.64. The van der Waals surface area contributed by atoms with Crippen LogP contribution in [0.3, 0.4) is 0 Å². The van der Waals surface area contributed by atoms with Crippen LogP contribution in [0.15, 0.2) is 36.4 Å². The molecule has 0 saturated carbocycles. The Balaban J connectivity index is 2.63. The van der Waals surface area contributed by atoms with Crippen LogP contribution in [-0.2, 0) is 0 Å². The Morgan fingerprint density at radius 1 is 0.875 bits per heavy atom. The van der Waals surface area contributed by atoms with E-state index in [1.807, 2.05) is 6.07 Å². The molecule has 0 fully saturated rings. The molecule has 0 radical (unpaired) electrons. The molecule has 0 saturated heterocycles. The normalized spacial score (nSPS) is 10.3. The Hall–Kier alpha value is -2.16. The lowest BCUT2D eigenvalue weighted by Gasteiger charge is -2.08. The molecular formula is C13H12O3. The van der Waals surface area contributed by atoms with Gasteiger partial charge in [-0.25, -0.2) is 0 Å². The van der Waals surface area contributed by atoms with Gasteiger partial charge in [0.1, 0.15) is 17.2 Å². The van der Waals surface area contributed by atoms with E-state index in [9.17, 15) is 15.3 Å². The first-order chi connectivity index (χ1) is 7.58. The van der Waals surface area contributed by atoms with Crippen molar-refractivity contribution in [2.45, 2.75) is 6.92 Å². The van der Waals surface area contributed by atoms with E-state index >= 15 is 0 Å². The summed E-state index contributed by atoms with van der Waals surface area (Å²) in [5, 5.41) is 28.6. The molecule has 0 amide bonds. The average molecular weight is 216 g/mol. The molecule has 0 aliphatic heterocycles. The maximum absolute atomic E-state index is 9.87. The number of phenols is 3. The van der Waals surface area contributed by atoms with Crippen LogP contribution in [0.5, 0.6) is 17.2 Å². The van der Waals surface area contributed by atoms with E-state index in [4.69, 9.17) is 0 Å². The molecule has 2 aromatic rings. The average Bonchev–Trinajstić information content (AvgIpc) is 2.20. The molecule has 0 unspecified atom stereocenters. The number of rotatable bonds is 1. The van der Waals surface area contributed by atoms with Crippen LogP contribution in [0, 0.1) is 6.92 Å². The molecule has 0 spiro atoms. The summed E-state index contributed by atoms with van der Waals surface area (Å²) in [6.07, 6.45) is 0. The van der Waals surface area contributed by atoms with Crippen molar-refractivity contribution in [2.24, 2.45) is 0 Å². The van der Waals surface area contributed by atoms with Crippen molar-refractivity contribution in [2.75, 3.05) is 0 Å². The first-order valence-electron chi connectivity index (χ1n) is 4.90. The molecule has 2 rings (SSSR count). The van der Waals surface area contributed by atoms with E-state index in [1.165, 1.54) is 18.2 Å². The minimum atomic E-state index is -0.0316. The quantitative estimate of drug-likeness (QED) is 0.686. The van der Waals surface area contributed by atoms with Gasteiger partial charge in [0, 0.05) is 11.6 Å². The maximum Gasteiger partial charge on any atom is 0.126 e. The van der Waals surface area contributed by atoms with Gasteiger partial charge in [-0.1, -0.05) is 18.2 Å². The minimum Gasteiger partial charge on any atom is -0.508 e. The zero-order valence-corrected chi connectivity index (χ0v) is 8.81. The van der Waals surface area contributed by atoms with Gasteiger partial charge in [-0.15, -0.1) is 0 Å². The van der Waals surface area contributed by atoms with Crippen LogP contribution in [0.1, 0.15) is 5.56 Å². The van der Waals surface area contributed by atoms with Crippen LogP contribution >= 0.6 is 0 Å². The van der Waals surface area contributed by atoms with E-state index in [-0.39, 0.29) is 17.2 Å². The molecule has 0 atom stereocenters. The van der Waals surface area contributed by atoms with Crippen molar-refractivity contribution in [3.63, 3.8) is 0 Å². The standard InChI is InChI=1S/C13H12O3/c1-8-3-2-4-12(13(8)16)9-5-10(14)7-11(15)6-9/h2-7,14-16H,1H3. The second-order valence-electron chi connectivity index (χ2n) is 3.71. The predicted molar refractivity (Wildman–Crippen MR) is 61.6 cm³/mol. The first kappa shape index (κ1) is 10.4. The molecule has 0 aliphatic carbocycles. The monoisotopic (exact) mass is 216 g/mol. The number of phenolic OH excluding ortho intramolecular Hbond substituents is 3. The Morgan fingerprint density at radius 2 is 1.50 bits per heavy atom. The summed E-state index contributed by atoms with van der Waals surface area (Å²) in [6.45, 7) is 1.79. The molecule has 0 aromatic heterocycles. The third-order valence-electron chi connectivity index (χ3n) is 2.45. The fraction of sp³-hybridized carbons (Fsp3) is 0.0769. The fourth-order valence-corrected chi connectivity index (χ4v) is 1.64. The van der Waals surface area contributed by atoms with Gasteiger partial charge in [-0.3, -0.25) is 0 Å². The van der Waals surface area contributed by atoms with Crippen molar-refractivity contribution in [1.82, 2.24) is 0 Å².